The first-order valence-corrected chi connectivity index (χ1v) is 10.3. The van der Waals surface area contributed by atoms with Crippen LogP contribution in [0, 0.1) is 0 Å². The second-order valence-corrected chi connectivity index (χ2v) is 7.40. The number of carbonyl (C=O) groups excluding carboxylic acids is 2. The summed E-state index contributed by atoms with van der Waals surface area (Å²) in [6, 6.07) is 14.0. The van der Waals surface area contributed by atoms with Crippen molar-refractivity contribution in [3.05, 3.63) is 76.8 Å². The Morgan fingerprint density at radius 2 is 2.00 bits per heavy atom. The summed E-state index contributed by atoms with van der Waals surface area (Å²) in [6.07, 6.45) is 5.87. The van der Waals surface area contributed by atoms with E-state index in [2.05, 4.69) is 4.98 Å². The van der Waals surface area contributed by atoms with Gasteiger partial charge in [0.2, 0.25) is 0 Å². The average molecular weight is 427 g/mol. The molecule has 0 saturated carbocycles. The van der Waals surface area contributed by atoms with Crippen LogP contribution in [-0.2, 0) is 9.59 Å². The molecule has 3 aromatic rings. The van der Waals surface area contributed by atoms with Crippen LogP contribution in [0.1, 0.15) is 25.3 Å². The molecule has 148 valence electrons. The normalized spacial score (nSPS) is 10.8. The van der Waals surface area contributed by atoms with Crippen molar-refractivity contribution < 1.29 is 14.3 Å². The Morgan fingerprint density at radius 3 is 2.69 bits per heavy atom. The Bertz CT molecular complexity index is 1000. The minimum Gasteiger partial charge on any atom is -0.427 e. The van der Waals surface area contributed by atoms with E-state index in [0.717, 1.165) is 12.0 Å². The van der Waals surface area contributed by atoms with E-state index in [4.69, 9.17) is 16.3 Å². The Morgan fingerprint density at radius 1 is 1.21 bits per heavy atom. The van der Waals surface area contributed by atoms with E-state index < -0.39 is 0 Å². The highest BCUT2D eigenvalue weighted by atomic mass is 35.5. The zero-order valence-corrected chi connectivity index (χ0v) is 17.3. The molecule has 0 fully saturated rings. The minimum atomic E-state index is -0.276. The first-order chi connectivity index (χ1) is 14.1. The lowest BCUT2D eigenvalue weighted by atomic mass is 10.2. The Kier molecular flexibility index (Phi) is 7.16. The van der Waals surface area contributed by atoms with Gasteiger partial charge in [-0.3, -0.25) is 14.5 Å². The zero-order chi connectivity index (χ0) is 20.6. The summed E-state index contributed by atoms with van der Waals surface area (Å²) in [5, 5.41) is 2.96. The van der Waals surface area contributed by atoms with Crippen molar-refractivity contribution in [3.63, 3.8) is 0 Å². The third-order valence-corrected chi connectivity index (χ3v) is 4.89. The number of hydrogen-bond donors (Lipinski definition) is 0. The highest BCUT2D eigenvalue weighted by Gasteiger charge is 2.18. The van der Waals surface area contributed by atoms with Crippen molar-refractivity contribution in [2.24, 2.45) is 0 Å². The number of ether oxygens (including phenoxy) is 1. The highest BCUT2D eigenvalue weighted by Crippen LogP contribution is 2.29. The molecule has 5 nitrogen and oxygen atoms in total. The van der Waals surface area contributed by atoms with Crippen LogP contribution in [-0.4, -0.2) is 16.9 Å². The smallest absolute Gasteiger partial charge is 0.311 e. The number of carbonyl (C=O) groups is 2. The van der Waals surface area contributed by atoms with Crippen molar-refractivity contribution in [3.8, 4) is 5.75 Å². The van der Waals surface area contributed by atoms with Crippen LogP contribution in [0.15, 0.2) is 66.2 Å². The van der Waals surface area contributed by atoms with Crippen molar-refractivity contribution in [1.82, 2.24) is 4.98 Å². The second-order valence-electron chi connectivity index (χ2n) is 6.09. The van der Waals surface area contributed by atoms with Gasteiger partial charge in [-0.2, -0.15) is 0 Å². The van der Waals surface area contributed by atoms with Gasteiger partial charge >= 0.3 is 5.97 Å². The number of esters is 1. The zero-order valence-electron chi connectivity index (χ0n) is 15.7. The third kappa shape index (κ3) is 5.76. The topological polar surface area (TPSA) is 59.5 Å². The molecule has 0 aliphatic heterocycles. The van der Waals surface area contributed by atoms with Crippen LogP contribution < -0.4 is 9.64 Å². The third-order valence-electron chi connectivity index (χ3n) is 3.88. The van der Waals surface area contributed by atoms with Gasteiger partial charge in [0, 0.05) is 29.1 Å². The molecule has 0 saturated heterocycles. The summed E-state index contributed by atoms with van der Waals surface area (Å²) >= 11 is 7.33. The molecular formula is C22H19ClN2O3S. The van der Waals surface area contributed by atoms with E-state index in [1.165, 1.54) is 22.3 Å². The summed E-state index contributed by atoms with van der Waals surface area (Å²) in [5.41, 5.74) is 1.41. The maximum Gasteiger partial charge on any atom is 0.311 e. The summed E-state index contributed by atoms with van der Waals surface area (Å²) < 4.78 is 5.30. The van der Waals surface area contributed by atoms with Crippen LogP contribution in [0.5, 0.6) is 5.75 Å². The van der Waals surface area contributed by atoms with E-state index in [1.54, 1.807) is 54.7 Å². The van der Waals surface area contributed by atoms with Gasteiger partial charge in [-0.1, -0.05) is 30.7 Å². The SMILES string of the molecule is CCCC(=O)Oc1cccc(C=CC(=O)N(c2ccc(Cl)cc2)c2nccs2)c1. The predicted octanol–water partition coefficient (Wildman–Crippen LogP) is 5.88. The molecule has 0 unspecified atom stereocenters. The molecule has 0 bridgehead atoms. The lowest BCUT2D eigenvalue weighted by Gasteiger charge is -2.18. The van der Waals surface area contributed by atoms with Crippen LogP contribution in [0.2, 0.25) is 5.02 Å². The standard InChI is InChI=1S/C22H19ClN2O3S/c1-2-4-21(27)28-19-6-3-5-16(15-19)7-12-20(26)25(22-24-13-14-29-22)18-10-8-17(23)9-11-18/h3,5-15H,2,4H2,1H3. The molecule has 0 spiro atoms. The van der Waals surface area contributed by atoms with Gasteiger partial charge in [0.05, 0.1) is 5.69 Å². The molecule has 29 heavy (non-hydrogen) atoms. The molecule has 7 heteroatoms. The molecule has 0 radical (unpaired) electrons. The van der Waals surface area contributed by atoms with Crippen molar-refractivity contribution in [2.45, 2.75) is 19.8 Å². The lowest BCUT2D eigenvalue weighted by Crippen LogP contribution is -2.23. The Hall–Kier alpha value is -2.96. The van der Waals surface area contributed by atoms with Gasteiger partial charge in [0.25, 0.3) is 5.91 Å². The van der Waals surface area contributed by atoms with E-state index in [0.29, 0.717) is 28.0 Å². The summed E-state index contributed by atoms with van der Waals surface area (Å²) in [4.78, 5) is 30.4. The summed E-state index contributed by atoms with van der Waals surface area (Å²) in [5.74, 6) is -0.0782. The number of aromatic nitrogens is 1. The second kappa shape index (κ2) is 10.0. The van der Waals surface area contributed by atoms with Crippen molar-refractivity contribution in [2.75, 3.05) is 4.90 Å². The van der Waals surface area contributed by atoms with Gasteiger partial charge < -0.3 is 4.74 Å². The fourth-order valence-electron chi connectivity index (χ4n) is 2.56. The number of anilines is 2. The van der Waals surface area contributed by atoms with Gasteiger partial charge in [-0.05, 0) is 54.5 Å². The van der Waals surface area contributed by atoms with E-state index in [-0.39, 0.29) is 11.9 Å². The summed E-state index contributed by atoms with van der Waals surface area (Å²) in [6.45, 7) is 1.92. The summed E-state index contributed by atoms with van der Waals surface area (Å²) in [7, 11) is 0. The fraction of sp³-hybridized carbons (Fsp3) is 0.136. The molecule has 0 N–H and O–H groups in total. The van der Waals surface area contributed by atoms with E-state index in [9.17, 15) is 9.59 Å². The molecule has 0 atom stereocenters. The number of benzene rings is 2. The molecule has 1 heterocycles. The van der Waals surface area contributed by atoms with Crippen LogP contribution >= 0.6 is 22.9 Å². The molecule has 0 aliphatic carbocycles. The van der Waals surface area contributed by atoms with E-state index >= 15 is 0 Å². The first-order valence-electron chi connectivity index (χ1n) is 9.05. The number of amides is 1. The fourth-order valence-corrected chi connectivity index (χ4v) is 3.35. The number of halogens is 1. The molecule has 2 aromatic carbocycles. The molecule has 1 amide bonds. The van der Waals surface area contributed by atoms with E-state index in [1.807, 2.05) is 18.4 Å². The maximum absolute atomic E-state index is 12.9. The van der Waals surface area contributed by atoms with Crippen molar-refractivity contribution >= 4 is 51.7 Å². The number of hydrogen-bond acceptors (Lipinski definition) is 5. The number of rotatable bonds is 7. The van der Waals surface area contributed by atoms with Gasteiger partial charge in [0.1, 0.15) is 5.75 Å². The van der Waals surface area contributed by atoms with Crippen LogP contribution in [0.3, 0.4) is 0 Å². The average Bonchev–Trinajstić information content (AvgIpc) is 3.23. The van der Waals surface area contributed by atoms with Gasteiger partial charge in [-0.15, -0.1) is 11.3 Å². The quantitative estimate of drug-likeness (QED) is 0.269. The maximum atomic E-state index is 12.9. The minimum absolute atomic E-state index is 0.254. The van der Waals surface area contributed by atoms with Crippen molar-refractivity contribution in [1.29, 1.82) is 0 Å². The van der Waals surface area contributed by atoms with Gasteiger partial charge in [0.15, 0.2) is 5.13 Å². The number of thiazole rings is 1. The molecule has 3 rings (SSSR count). The van der Waals surface area contributed by atoms with Crippen LogP contribution in [0.25, 0.3) is 6.08 Å². The highest BCUT2D eigenvalue weighted by molar-refractivity contribution is 7.13. The molecule has 1 aromatic heterocycles. The number of nitrogens with zero attached hydrogens (tertiary/aromatic N) is 2. The first kappa shape index (κ1) is 20.8. The van der Waals surface area contributed by atoms with Crippen LogP contribution in [0.4, 0.5) is 10.8 Å². The van der Waals surface area contributed by atoms with Gasteiger partial charge in [-0.25, -0.2) is 4.98 Å². The Labute approximate surface area is 178 Å². The molecular weight excluding hydrogens is 408 g/mol. The molecule has 0 aliphatic rings. The monoisotopic (exact) mass is 426 g/mol. The lowest BCUT2D eigenvalue weighted by molar-refractivity contribution is -0.134. The Balaban J connectivity index is 1.80. The largest absolute Gasteiger partial charge is 0.427 e. The predicted molar refractivity (Wildman–Crippen MR) is 117 cm³/mol.